The zero-order chi connectivity index (χ0) is 17.7. The molecule has 1 heterocycles. The van der Waals surface area contributed by atoms with Gasteiger partial charge in [0.15, 0.2) is 18.5 Å². The van der Waals surface area contributed by atoms with Gasteiger partial charge in [-0.1, -0.05) is 19.3 Å². The Kier molecular flexibility index (Phi) is 6.56. The maximum Gasteiger partial charge on any atom is 0.337 e. The molecule has 0 radical (unpaired) electrons. The molecular formula is C16H24O8. The SMILES string of the molecule is CC(=O)O[C@@H]1[C@@H](C(=O)O)O[C@H](OC2CCCCC2)C[C@H]1OC(C)=O. The van der Waals surface area contributed by atoms with Crippen LogP contribution in [0.5, 0.6) is 0 Å². The molecule has 0 aromatic carbocycles. The van der Waals surface area contributed by atoms with Crippen molar-refractivity contribution in [1.82, 2.24) is 0 Å². The third-order valence-electron chi connectivity index (χ3n) is 4.15. The van der Waals surface area contributed by atoms with Crippen LogP contribution in [-0.4, -0.2) is 53.7 Å². The van der Waals surface area contributed by atoms with Gasteiger partial charge < -0.3 is 24.1 Å². The number of aliphatic carboxylic acids is 1. The summed E-state index contributed by atoms with van der Waals surface area (Å²) in [5.74, 6) is -2.55. The van der Waals surface area contributed by atoms with Gasteiger partial charge in [-0.2, -0.15) is 0 Å². The third kappa shape index (κ3) is 5.17. The molecule has 4 atom stereocenters. The smallest absolute Gasteiger partial charge is 0.337 e. The number of carbonyl (C=O) groups is 3. The van der Waals surface area contributed by atoms with E-state index in [1.165, 1.54) is 6.92 Å². The van der Waals surface area contributed by atoms with Crippen LogP contribution in [0.1, 0.15) is 52.4 Å². The topological polar surface area (TPSA) is 108 Å². The average Bonchev–Trinajstić information content (AvgIpc) is 2.49. The first-order valence-electron chi connectivity index (χ1n) is 8.25. The quantitative estimate of drug-likeness (QED) is 0.746. The highest BCUT2D eigenvalue weighted by atomic mass is 16.7. The monoisotopic (exact) mass is 344 g/mol. The Hall–Kier alpha value is -1.67. The van der Waals surface area contributed by atoms with Crippen LogP contribution >= 0.6 is 0 Å². The van der Waals surface area contributed by atoms with E-state index in [4.69, 9.17) is 18.9 Å². The Bertz CT molecular complexity index is 471. The molecule has 2 fully saturated rings. The first-order chi connectivity index (χ1) is 11.4. The van der Waals surface area contributed by atoms with Gasteiger partial charge in [-0.3, -0.25) is 9.59 Å². The van der Waals surface area contributed by atoms with E-state index >= 15 is 0 Å². The van der Waals surface area contributed by atoms with Crippen LogP contribution in [-0.2, 0) is 33.3 Å². The average molecular weight is 344 g/mol. The second kappa shape index (κ2) is 8.43. The minimum atomic E-state index is -1.44. The van der Waals surface area contributed by atoms with Gasteiger partial charge in [0, 0.05) is 20.3 Å². The van der Waals surface area contributed by atoms with Crippen LogP contribution in [0.3, 0.4) is 0 Å². The van der Waals surface area contributed by atoms with Crippen molar-refractivity contribution in [1.29, 1.82) is 0 Å². The summed E-state index contributed by atoms with van der Waals surface area (Å²) in [6.07, 6.45) is 0.807. The van der Waals surface area contributed by atoms with Gasteiger partial charge in [-0.15, -0.1) is 0 Å². The number of rotatable bonds is 5. The molecule has 1 aliphatic carbocycles. The van der Waals surface area contributed by atoms with E-state index in [0.29, 0.717) is 0 Å². The Morgan fingerprint density at radius 1 is 1.00 bits per heavy atom. The summed E-state index contributed by atoms with van der Waals surface area (Å²) in [7, 11) is 0. The van der Waals surface area contributed by atoms with Crippen molar-refractivity contribution in [3.8, 4) is 0 Å². The highest BCUT2D eigenvalue weighted by Crippen LogP contribution is 2.30. The minimum absolute atomic E-state index is 0.00134. The van der Waals surface area contributed by atoms with Crippen LogP contribution in [0, 0.1) is 0 Å². The lowest BCUT2D eigenvalue weighted by Gasteiger charge is -2.39. The van der Waals surface area contributed by atoms with Gasteiger partial charge >= 0.3 is 17.9 Å². The molecule has 0 bridgehead atoms. The molecule has 8 heteroatoms. The number of ether oxygens (including phenoxy) is 4. The Balaban J connectivity index is 2.10. The summed E-state index contributed by atoms with van der Waals surface area (Å²) in [5.41, 5.74) is 0. The van der Waals surface area contributed by atoms with Crippen LogP contribution in [0.2, 0.25) is 0 Å². The standard InChI is InChI=1S/C16H24O8/c1-9(17)21-12-8-13(23-11-6-4-3-5-7-11)24-15(16(19)20)14(12)22-10(2)18/h11-15H,3-8H2,1-2H3,(H,19,20)/t12-,13+,14+,15+/m1/s1. The lowest BCUT2D eigenvalue weighted by molar-refractivity contribution is -0.271. The van der Waals surface area contributed by atoms with E-state index < -0.39 is 42.5 Å². The van der Waals surface area contributed by atoms with E-state index in [1.54, 1.807) is 0 Å². The molecule has 0 aromatic heterocycles. The molecule has 1 aliphatic heterocycles. The maximum absolute atomic E-state index is 11.5. The number of esters is 2. The summed E-state index contributed by atoms with van der Waals surface area (Å²) >= 11 is 0. The molecule has 8 nitrogen and oxygen atoms in total. The van der Waals surface area contributed by atoms with E-state index in [2.05, 4.69) is 0 Å². The molecule has 24 heavy (non-hydrogen) atoms. The largest absolute Gasteiger partial charge is 0.479 e. The fourth-order valence-corrected chi connectivity index (χ4v) is 3.18. The molecule has 0 aromatic rings. The van der Waals surface area contributed by atoms with Crippen molar-refractivity contribution in [3.63, 3.8) is 0 Å². The predicted octanol–water partition coefficient (Wildman–Crippen LogP) is 1.40. The van der Waals surface area contributed by atoms with Gasteiger partial charge in [0.05, 0.1) is 6.10 Å². The van der Waals surface area contributed by atoms with E-state index in [-0.39, 0.29) is 12.5 Å². The first-order valence-corrected chi connectivity index (χ1v) is 8.25. The zero-order valence-corrected chi connectivity index (χ0v) is 13.9. The van der Waals surface area contributed by atoms with Crippen LogP contribution in [0.25, 0.3) is 0 Å². The van der Waals surface area contributed by atoms with Crippen LogP contribution in [0.4, 0.5) is 0 Å². The maximum atomic E-state index is 11.5. The summed E-state index contributed by atoms with van der Waals surface area (Å²) in [6, 6.07) is 0. The molecule has 0 amide bonds. The first kappa shape index (κ1) is 18.7. The van der Waals surface area contributed by atoms with Crippen molar-refractivity contribution in [3.05, 3.63) is 0 Å². The number of carboxylic acid groups (broad SMARTS) is 1. The summed E-state index contributed by atoms with van der Waals surface area (Å²) < 4.78 is 21.6. The van der Waals surface area contributed by atoms with Crippen molar-refractivity contribution >= 4 is 17.9 Å². The minimum Gasteiger partial charge on any atom is -0.479 e. The number of carbonyl (C=O) groups excluding carboxylic acids is 2. The van der Waals surface area contributed by atoms with Crippen molar-refractivity contribution in [2.75, 3.05) is 0 Å². The molecule has 0 unspecified atom stereocenters. The van der Waals surface area contributed by atoms with Gasteiger partial charge in [-0.25, -0.2) is 4.79 Å². The predicted molar refractivity (Wildman–Crippen MR) is 80.0 cm³/mol. The summed E-state index contributed by atoms with van der Waals surface area (Å²) in [4.78, 5) is 34.1. The van der Waals surface area contributed by atoms with Gasteiger partial charge in [0.2, 0.25) is 0 Å². The summed E-state index contributed by atoms with van der Waals surface area (Å²) in [5, 5.41) is 9.38. The third-order valence-corrected chi connectivity index (χ3v) is 4.15. The molecule has 2 rings (SSSR count). The molecule has 1 saturated carbocycles. The lowest BCUT2D eigenvalue weighted by Crippen LogP contribution is -2.55. The molecule has 2 aliphatic rings. The van der Waals surface area contributed by atoms with Crippen molar-refractivity contribution in [2.24, 2.45) is 0 Å². The fraction of sp³-hybridized carbons (Fsp3) is 0.812. The van der Waals surface area contributed by atoms with E-state index in [0.717, 1.165) is 39.0 Å². The summed E-state index contributed by atoms with van der Waals surface area (Å²) in [6.45, 7) is 2.38. The van der Waals surface area contributed by atoms with E-state index in [9.17, 15) is 19.5 Å². The van der Waals surface area contributed by atoms with Crippen LogP contribution < -0.4 is 0 Å². The van der Waals surface area contributed by atoms with Crippen LogP contribution in [0.15, 0.2) is 0 Å². The molecule has 136 valence electrons. The highest BCUT2D eigenvalue weighted by Gasteiger charge is 2.47. The Labute approximate surface area is 140 Å². The second-order valence-electron chi connectivity index (χ2n) is 6.18. The molecule has 1 N–H and O–H groups in total. The van der Waals surface area contributed by atoms with Crippen molar-refractivity contribution in [2.45, 2.75) is 83.1 Å². The van der Waals surface area contributed by atoms with Crippen molar-refractivity contribution < 1.29 is 38.4 Å². The van der Waals surface area contributed by atoms with Gasteiger partial charge in [0.25, 0.3) is 0 Å². The molecule has 1 saturated heterocycles. The molecule has 0 spiro atoms. The zero-order valence-electron chi connectivity index (χ0n) is 13.9. The number of carboxylic acids is 1. The number of hydrogen-bond donors (Lipinski definition) is 1. The molecular weight excluding hydrogens is 320 g/mol. The number of hydrogen-bond acceptors (Lipinski definition) is 7. The normalized spacial score (nSPS) is 31.2. The fourth-order valence-electron chi connectivity index (χ4n) is 3.18. The second-order valence-corrected chi connectivity index (χ2v) is 6.18. The Morgan fingerprint density at radius 3 is 2.17 bits per heavy atom. The Morgan fingerprint density at radius 2 is 1.62 bits per heavy atom. The lowest BCUT2D eigenvalue weighted by atomic mass is 9.97. The van der Waals surface area contributed by atoms with Gasteiger partial charge in [0.1, 0.15) is 6.10 Å². The van der Waals surface area contributed by atoms with Gasteiger partial charge in [-0.05, 0) is 12.8 Å². The van der Waals surface area contributed by atoms with E-state index in [1.807, 2.05) is 0 Å². The highest BCUT2D eigenvalue weighted by molar-refractivity contribution is 5.75.